The highest BCUT2D eigenvalue weighted by atomic mass is 16.5. The second-order valence-corrected chi connectivity index (χ2v) is 5.72. The fourth-order valence-electron chi connectivity index (χ4n) is 2.39. The summed E-state index contributed by atoms with van der Waals surface area (Å²) in [6.45, 7) is 7.73. The molecule has 0 aliphatic carbocycles. The van der Waals surface area contributed by atoms with Gasteiger partial charge in [0.05, 0.1) is 19.2 Å². The Bertz CT molecular complexity index is 582. The zero-order chi connectivity index (χ0) is 18.8. The summed E-state index contributed by atoms with van der Waals surface area (Å²) in [7, 11) is 1.81. The molecule has 0 saturated carbocycles. The van der Waals surface area contributed by atoms with Crippen LogP contribution in [0.5, 0.6) is 0 Å². The number of anilines is 1. The zero-order valence-corrected chi connectivity index (χ0v) is 15.4. The van der Waals surface area contributed by atoms with E-state index < -0.39 is 0 Å². The van der Waals surface area contributed by atoms with Crippen molar-refractivity contribution >= 4 is 23.5 Å². The molecular weight excluding hydrogens is 322 g/mol. The molecule has 0 heterocycles. The van der Waals surface area contributed by atoms with Crippen LogP contribution in [0.3, 0.4) is 0 Å². The molecule has 1 rings (SSSR count). The zero-order valence-electron chi connectivity index (χ0n) is 15.4. The maximum Gasteiger partial charge on any atom is 0.338 e. The van der Waals surface area contributed by atoms with Gasteiger partial charge in [0.15, 0.2) is 13.1 Å². The van der Waals surface area contributed by atoms with Crippen LogP contribution in [-0.4, -0.2) is 62.5 Å². The minimum Gasteiger partial charge on any atom is -0.462 e. The van der Waals surface area contributed by atoms with Gasteiger partial charge in [0.25, 0.3) is 11.8 Å². The topological polar surface area (TPSA) is 80.1 Å². The van der Waals surface area contributed by atoms with Crippen LogP contribution in [0.25, 0.3) is 0 Å². The van der Waals surface area contributed by atoms with Gasteiger partial charge in [-0.25, -0.2) is 4.79 Å². The first-order valence-electron chi connectivity index (χ1n) is 8.57. The molecule has 0 saturated heterocycles. The third-order valence-electron chi connectivity index (χ3n) is 3.71. The number of carbonyl (C=O) groups excluding carboxylic acids is 3. The van der Waals surface area contributed by atoms with E-state index in [1.54, 1.807) is 36.1 Å². The molecule has 25 heavy (non-hydrogen) atoms. The van der Waals surface area contributed by atoms with Gasteiger partial charge in [0, 0.05) is 18.8 Å². The quantitative estimate of drug-likeness (QED) is 0.623. The van der Waals surface area contributed by atoms with Crippen molar-refractivity contribution in [2.75, 3.05) is 45.2 Å². The Balaban J connectivity index is 2.50. The molecule has 7 heteroatoms. The summed E-state index contributed by atoms with van der Waals surface area (Å²) >= 11 is 0. The Labute approximate surface area is 148 Å². The molecule has 1 unspecified atom stereocenters. The number of carbonyl (C=O) groups is 3. The number of rotatable bonds is 9. The lowest BCUT2D eigenvalue weighted by molar-refractivity contribution is -0.862. The summed E-state index contributed by atoms with van der Waals surface area (Å²) in [5.41, 5.74) is 1.04. The normalized spacial score (nSPS) is 11.5. The lowest BCUT2D eigenvalue weighted by Gasteiger charge is -2.20. The van der Waals surface area contributed by atoms with Gasteiger partial charge in [-0.15, -0.1) is 0 Å². The largest absolute Gasteiger partial charge is 0.462 e. The van der Waals surface area contributed by atoms with E-state index in [1.807, 2.05) is 20.9 Å². The lowest BCUT2D eigenvalue weighted by Crippen LogP contribution is -3.11. The minimum absolute atomic E-state index is 0.0362. The van der Waals surface area contributed by atoms with Gasteiger partial charge in [-0.05, 0) is 45.0 Å². The number of amides is 2. The van der Waals surface area contributed by atoms with Crippen LogP contribution in [0.2, 0.25) is 0 Å². The number of nitrogens with one attached hydrogen (secondary N) is 2. The Morgan fingerprint density at radius 3 is 2.16 bits per heavy atom. The predicted molar refractivity (Wildman–Crippen MR) is 95.6 cm³/mol. The molecule has 1 aromatic carbocycles. The highest BCUT2D eigenvalue weighted by molar-refractivity contribution is 5.93. The van der Waals surface area contributed by atoms with Gasteiger partial charge in [-0.1, -0.05) is 0 Å². The molecule has 0 aliphatic rings. The molecule has 1 aromatic rings. The van der Waals surface area contributed by atoms with E-state index in [1.165, 1.54) is 0 Å². The second-order valence-electron chi connectivity index (χ2n) is 5.72. The highest BCUT2D eigenvalue weighted by Gasteiger charge is 2.17. The first-order chi connectivity index (χ1) is 11.9. The molecule has 0 bridgehead atoms. The van der Waals surface area contributed by atoms with Crippen molar-refractivity contribution in [1.29, 1.82) is 0 Å². The number of hydrogen-bond acceptors (Lipinski definition) is 4. The van der Waals surface area contributed by atoms with E-state index in [-0.39, 0.29) is 30.9 Å². The van der Waals surface area contributed by atoms with Gasteiger partial charge in [-0.3, -0.25) is 9.59 Å². The molecule has 7 nitrogen and oxygen atoms in total. The van der Waals surface area contributed by atoms with E-state index in [0.717, 1.165) is 4.90 Å². The van der Waals surface area contributed by atoms with Crippen molar-refractivity contribution in [3.8, 4) is 0 Å². The SMILES string of the molecule is CCOC(=O)c1ccc(NC(=O)C[NH+](C)CC(=O)N(CC)CC)cc1. The molecule has 2 amide bonds. The molecule has 0 aliphatic heterocycles. The minimum atomic E-state index is -0.389. The summed E-state index contributed by atoms with van der Waals surface area (Å²) in [4.78, 5) is 38.3. The molecule has 0 fully saturated rings. The third kappa shape index (κ3) is 6.93. The maximum atomic E-state index is 12.1. The number of nitrogens with zero attached hydrogens (tertiary/aromatic N) is 1. The van der Waals surface area contributed by atoms with Gasteiger partial charge < -0.3 is 19.9 Å². The number of ether oxygens (including phenoxy) is 1. The smallest absolute Gasteiger partial charge is 0.338 e. The summed E-state index contributed by atoms with van der Waals surface area (Å²) < 4.78 is 4.91. The van der Waals surface area contributed by atoms with Crippen LogP contribution in [0, 0.1) is 0 Å². The van der Waals surface area contributed by atoms with E-state index in [9.17, 15) is 14.4 Å². The Morgan fingerprint density at radius 2 is 1.64 bits per heavy atom. The van der Waals surface area contributed by atoms with Gasteiger partial charge >= 0.3 is 5.97 Å². The monoisotopic (exact) mass is 350 g/mol. The van der Waals surface area contributed by atoms with Crippen LogP contribution in [0.15, 0.2) is 24.3 Å². The first-order valence-corrected chi connectivity index (χ1v) is 8.57. The summed E-state index contributed by atoms with van der Waals surface area (Å²) in [5, 5.41) is 2.76. The van der Waals surface area contributed by atoms with Crippen molar-refractivity contribution in [2.45, 2.75) is 20.8 Å². The highest BCUT2D eigenvalue weighted by Crippen LogP contribution is 2.10. The standard InChI is InChI=1S/C18H27N3O4/c1-5-21(6-2)17(23)13-20(4)12-16(22)19-15-10-8-14(9-11-15)18(24)25-7-3/h8-11H,5-7,12-13H2,1-4H3,(H,19,22)/p+1. The molecule has 0 spiro atoms. The van der Waals surface area contributed by atoms with Crippen molar-refractivity contribution in [1.82, 2.24) is 4.90 Å². The predicted octanol–water partition coefficient (Wildman–Crippen LogP) is 0.185. The second kappa shape index (κ2) is 10.5. The maximum absolute atomic E-state index is 12.1. The van der Waals surface area contributed by atoms with Gasteiger partial charge in [-0.2, -0.15) is 0 Å². The van der Waals surface area contributed by atoms with Crippen molar-refractivity contribution in [3.05, 3.63) is 29.8 Å². The average Bonchev–Trinajstić information content (AvgIpc) is 2.56. The Kier molecular flexibility index (Phi) is 8.63. The molecule has 2 N–H and O–H groups in total. The molecule has 0 radical (unpaired) electrons. The Morgan fingerprint density at radius 1 is 1.04 bits per heavy atom. The fraction of sp³-hybridized carbons (Fsp3) is 0.500. The molecular formula is C18H28N3O4+. The van der Waals surface area contributed by atoms with Crippen molar-refractivity contribution in [2.24, 2.45) is 0 Å². The van der Waals surface area contributed by atoms with Gasteiger partial charge in [0.2, 0.25) is 0 Å². The first kappa shape index (κ1) is 20.6. The van der Waals surface area contributed by atoms with Crippen LogP contribution >= 0.6 is 0 Å². The van der Waals surface area contributed by atoms with Gasteiger partial charge in [0.1, 0.15) is 0 Å². The number of esters is 1. The Hall–Kier alpha value is -2.41. The van der Waals surface area contributed by atoms with E-state index >= 15 is 0 Å². The van der Waals surface area contributed by atoms with Crippen LogP contribution in [0.4, 0.5) is 5.69 Å². The molecule has 138 valence electrons. The van der Waals surface area contributed by atoms with E-state index in [2.05, 4.69) is 5.32 Å². The summed E-state index contributed by atoms with van der Waals surface area (Å²) in [6, 6.07) is 6.52. The van der Waals surface area contributed by atoms with Crippen LogP contribution < -0.4 is 10.2 Å². The van der Waals surface area contributed by atoms with Crippen LogP contribution in [0.1, 0.15) is 31.1 Å². The van der Waals surface area contributed by atoms with E-state index in [0.29, 0.717) is 30.9 Å². The third-order valence-corrected chi connectivity index (χ3v) is 3.71. The summed E-state index contributed by atoms with van der Waals surface area (Å²) in [5.74, 6) is -0.540. The molecule has 0 aromatic heterocycles. The average molecular weight is 350 g/mol. The van der Waals surface area contributed by atoms with Crippen molar-refractivity contribution < 1.29 is 24.0 Å². The molecule has 1 atom stereocenters. The van der Waals surface area contributed by atoms with Crippen molar-refractivity contribution in [3.63, 3.8) is 0 Å². The summed E-state index contributed by atoms with van der Waals surface area (Å²) in [6.07, 6.45) is 0. The fourth-order valence-corrected chi connectivity index (χ4v) is 2.39. The lowest BCUT2D eigenvalue weighted by atomic mass is 10.2. The number of benzene rings is 1. The van der Waals surface area contributed by atoms with Crippen LogP contribution in [-0.2, 0) is 14.3 Å². The number of likely N-dealkylation sites (N-methyl/N-ethyl adjacent to an activating group) is 2. The number of hydrogen-bond donors (Lipinski definition) is 2. The van der Waals surface area contributed by atoms with E-state index in [4.69, 9.17) is 4.74 Å². The number of quaternary nitrogens is 1.